The van der Waals surface area contributed by atoms with Crippen LogP contribution in [0.3, 0.4) is 0 Å². The summed E-state index contributed by atoms with van der Waals surface area (Å²) >= 11 is 1.66. The number of aryl methyl sites for hydroxylation is 2. The molecule has 2 heterocycles. The number of nitrogens with zero attached hydrogens (tertiary/aromatic N) is 2. The number of likely N-dealkylation sites (tertiary alicyclic amines) is 1. The molecule has 1 aromatic carbocycles. The number of hydrogen-bond acceptors (Lipinski definition) is 3. The molecule has 1 aromatic heterocycles. The van der Waals surface area contributed by atoms with Crippen molar-refractivity contribution in [1.82, 2.24) is 9.88 Å². The van der Waals surface area contributed by atoms with Crippen LogP contribution in [0.5, 0.6) is 0 Å². The van der Waals surface area contributed by atoms with Gasteiger partial charge in [-0.2, -0.15) is 0 Å². The smallest absolute Gasteiger partial charge is 0.222 e. The lowest BCUT2D eigenvalue weighted by Crippen LogP contribution is -2.31. The Morgan fingerprint density at radius 3 is 2.52 bits per heavy atom. The minimum atomic E-state index is 0.289. The van der Waals surface area contributed by atoms with Crippen molar-refractivity contribution in [2.75, 3.05) is 13.1 Å². The summed E-state index contributed by atoms with van der Waals surface area (Å²) in [6.07, 6.45) is 6.15. The number of carbonyl (C=O) groups excluding carboxylic acids is 1. The molecule has 3 rings (SSSR count). The van der Waals surface area contributed by atoms with Crippen molar-refractivity contribution >= 4 is 17.2 Å². The summed E-state index contributed by atoms with van der Waals surface area (Å²) < 4.78 is 0. The van der Waals surface area contributed by atoms with Gasteiger partial charge in [0.2, 0.25) is 5.91 Å². The molecule has 1 saturated heterocycles. The Bertz CT molecular complexity index is 640. The quantitative estimate of drug-likeness (QED) is 0.830. The topological polar surface area (TPSA) is 33.2 Å². The van der Waals surface area contributed by atoms with E-state index in [0.717, 1.165) is 48.6 Å². The van der Waals surface area contributed by atoms with Crippen LogP contribution in [0, 0.1) is 6.92 Å². The van der Waals surface area contributed by atoms with Crippen molar-refractivity contribution < 1.29 is 4.79 Å². The Kier molecular flexibility index (Phi) is 5.44. The Morgan fingerprint density at radius 2 is 1.83 bits per heavy atom. The average molecular weight is 328 g/mol. The number of benzene rings is 1. The van der Waals surface area contributed by atoms with Crippen molar-refractivity contribution in [3.8, 4) is 10.6 Å². The highest BCUT2D eigenvalue weighted by atomic mass is 32.1. The highest BCUT2D eigenvalue weighted by Crippen LogP contribution is 2.24. The first-order valence-electron chi connectivity index (χ1n) is 8.51. The summed E-state index contributed by atoms with van der Waals surface area (Å²) in [4.78, 5) is 19.1. The summed E-state index contributed by atoms with van der Waals surface area (Å²) in [6, 6.07) is 8.44. The summed E-state index contributed by atoms with van der Waals surface area (Å²) in [5.74, 6) is 0.289. The molecular weight excluding hydrogens is 304 g/mol. The second kappa shape index (κ2) is 7.73. The third kappa shape index (κ3) is 4.41. The SMILES string of the molecule is Cc1ccc(-c2nc(CCC(=O)N3CCCCCC3)cs2)cc1. The molecule has 0 N–H and O–H groups in total. The molecule has 1 aliphatic heterocycles. The van der Waals surface area contributed by atoms with Crippen LogP contribution in [-0.2, 0) is 11.2 Å². The number of aromatic nitrogens is 1. The van der Waals surface area contributed by atoms with E-state index in [9.17, 15) is 4.79 Å². The van der Waals surface area contributed by atoms with Crippen molar-refractivity contribution in [1.29, 1.82) is 0 Å². The van der Waals surface area contributed by atoms with Gasteiger partial charge >= 0.3 is 0 Å². The maximum atomic E-state index is 12.3. The Morgan fingerprint density at radius 1 is 1.13 bits per heavy atom. The maximum absolute atomic E-state index is 12.3. The molecule has 122 valence electrons. The van der Waals surface area contributed by atoms with Crippen LogP contribution in [0.15, 0.2) is 29.6 Å². The number of rotatable bonds is 4. The van der Waals surface area contributed by atoms with Gasteiger partial charge in [0.15, 0.2) is 0 Å². The van der Waals surface area contributed by atoms with Crippen molar-refractivity contribution in [3.05, 3.63) is 40.9 Å². The number of hydrogen-bond donors (Lipinski definition) is 0. The van der Waals surface area contributed by atoms with Crippen LogP contribution in [-0.4, -0.2) is 28.9 Å². The van der Waals surface area contributed by atoms with Crippen LogP contribution in [0.1, 0.15) is 43.4 Å². The van der Waals surface area contributed by atoms with E-state index >= 15 is 0 Å². The van der Waals surface area contributed by atoms with Gasteiger partial charge in [0.25, 0.3) is 0 Å². The first-order valence-corrected chi connectivity index (χ1v) is 9.39. The second-order valence-corrected chi connectivity index (χ2v) is 7.16. The zero-order valence-corrected chi connectivity index (χ0v) is 14.6. The predicted molar refractivity (Wildman–Crippen MR) is 95.7 cm³/mol. The molecule has 1 aliphatic rings. The zero-order valence-electron chi connectivity index (χ0n) is 13.8. The maximum Gasteiger partial charge on any atom is 0.222 e. The number of amides is 1. The van der Waals surface area contributed by atoms with Gasteiger partial charge in [-0.25, -0.2) is 4.98 Å². The van der Waals surface area contributed by atoms with E-state index in [4.69, 9.17) is 4.98 Å². The fourth-order valence-corrected chi connectivity index (χ4v) is 3.82. The Labute approximate surface area is 142 Å². The van der Waals surface area contributed by atoms with Crippen LogP contribution in [0.25, 0.3) is 10.6 Å². The summed E-state index contributed by atoms with van der Waals surface area (Å²) in [5.41, 5.74) is 3.45. The van der Waals surface area contributed by atoms with Gasteiger partial charge < -0.3 is 4.90 Å². The minimum absolute atomic E-state index is 0.289. The van der Waals surface area contributed by atoms with Gasteiger partial charge in [-0.3, -0.25) is 4.79 Å². The molecule has 0 saturated carbocycles. The summed E-state index contributed by atoms with van der Waals surface area (Å²) in [7, 11) is 0. The molecule has 0 bridgehead atoms. The predicted octanol–water partition coefficient (Wildman–Crippen LogP) is 4.45. The molecule has 0 radical (unpaired) electrons. The minimum Gasteiger partial charge on any atom is -0.343 e. The lowest BCUT2D eigenvalue weighted by atomic mass is 10.1. The lowest BCUT2D eigenvalue weighted by Gasteiger charge is -2.19. The van der Waals surface area contributed by atoms with Gasteiger partial charge in [-0.05, 0) is 26.2 Å². The lowest BCUT2D eigenvalue weighted by molar-refractivity contribution is -0.131. The van der Waals surface area contributed by atoms with Gasteiger partial charge in [-0.15, -0.1) is 11.3 Å². The van der Waals surface area contributed by atoms with E-state index in [1.807, 2.05) is 4.90 Å². The van der Waals surface area contributed by atoms with Crippen LogP contribution < -0.4 is 0 Å². The molecule has 0 atom stereocenters. The first kappa shape index (κ1) is 16.2. The third-order valence-electron chi connectivity index (χ3n) is 4.40. The van der Waals surface area contributed by atoms with Gasteiger partial charge in [-0.1, -0.05) is 42.7 Å². The highest BCUT2D eigenvalue weighted by Gasteiger charge is 2.15. The first-order chi connectivity index (χ1) is 11.2. The van der Waals surface area contributed by atoms with E-state index in [1.54, 1.807) is 11.3 Å². The molecule has 0 aliphatic carbocycles. The largest absolute Gasteiger partial charge is 0.343 e. The number of thiazole rings is 1. The van der Waals surface area contributed by atoms with Gasteiger partial charge in [0.1, 0.15) is 5.01 Å². The Balaban J connectivity index is 1.56. The molecule has 1 amide bonds. The fraction of sp³-hybridized carbons (Fsp3) is 0.474. The summed E-state index contributed by atoms with van der Waals surface area (Å²) in [5, 5.41) is 3.13. The van der Waals surface area contributed by atoms with E-state index in [2.05, 4.69) is 36.6 Å². The van der Waals surface area contributed by atoms with E-state index in [0.29, 0.717) is 6.42 Å². The van der Waals surface area contributed by atoms with Crippen molar-refractivity contribution in [3.63, 3.8) is 0 Å². The van der Waals surface area contributed by atoms with E-state index in [-0.39, 0.29) is 5.91 Å². The molecule has 3 nitrogen and oxygen atoms in total. The monoisotopic (exact) mass is 328 g/mol. The van der Waals surface area contributed by atoms with Gasteiger partial charge in [0, 0.05) is 30.5 Å². The van der Waals surface area contributed by atoms with Crippen molar-refractivity contribution in [2.45, 2.75) is 45.4 Å². The normalized spacial score (nSPS) is 15.4. The number of carbonyl (C=O) groups is 1. The second-order valence-electron chi connectivity index (χ2n) is 6.31. The molecule has 23 heavy (non-hydrogen) atoms. The molecule has 0 spiro atoms. The third-order valence-corrected chi connectivity index (χ3v) is 5.34. The zero-order chi connectivity index (χ0) is 16.1. The Hall–Kier alpha value is -1.68. The molecule has 0 unspecified atom stereocenters. The van der Waals surface area contributed by atoms with E-state index in [1.165, 1.54) is 18.4 Å². The van der Waals surface area contributed by atoms with E-state index < -0.39 is 0 Å². The van der Waals surface area contributed by atoms with Crippen LogP contribution >= 0.6 is 11.3 Å². The molecule has 2 aromatic rings. The molecule has 1 fully saturated rings. The van der Waals surface area contributed by atoms with Crippen molar-refractivity contribution in [2.24, 2.45) is 0 Å². The van der Waals surface area contributed by atoms with Gasteiger partial charge in [0.05, 0.1) is 5.69 Å². The van der Waals surface area contributed by atoms with Crippen LogP contribution in [0.2, 0.25) is 0 Å². The summed E-state index contributed by atoms with van der Waals surface area (Å²) in [6.45, 7) is 3.96. The molecule has 4 heteroatoms. The molecular formula is C19H24N2OS. The fourth-order valence-electron chi connectivity index (χ4n) is 2.96. The standard InChI is InChI=1S/C19H24N2OS/c1-15-6-8-16(9-7-15)19-20-17(14-23-19)10-11-18(22)21-12-4-2-3-5-13-21/h6-9,14H,2-5,10-13H2,1H3. The van der Waals surface area contributed by atoms with Crippen LogP contribution in [0.4, 0.5) is 0 Å². The average Bonchev–Trinajstić information content (AvgIpc) is 2.86. The highest BCUT2D eigenvalue weighted by molar-refractivity contribution is 7.13.